The van der Waals surface area contributed by atoms with Crippen LogP contribution in [0.5, 0.6) is 0 Å². The van der Waals surface area contributed by atoms with Crippen LogP contribution in [-0.2, 0) is 11.2 Å². The standard InChI is InChI=1S/C20H19F2NO3/c1-11-2-6-15(16(21)8-11)19(24)23-18(20(25)26)10-12-3-7-14(13-4-5-13)17(22)9-12/h2-3,6-9,13,18H,4-5,10H2,1H3,(H,23,24)(H,25,26)/t18-/m1/s1. The minimum atomic E-state index is -1.28. The molecule has 0 radical (unpaired) electrons. The fraction of sp³-hybridized carbons (Fsp3) is 0.300. The number of halogens is 2. The predicted octanol–water partition coefficient (Wildman–Crippen LogP) is 3.58. The van der Waals surface area contributed by atoms with E-state index >= 15 is 0 Å². The normalized spacial score (nSPS) is 14.7. The Morgan fingerprint density at radius 1 is 1.15 bits per heavy atom. The first-order valence-electron chi connectivity index (χ1n) is 8.43. The summed E-state index contributed by atoms with van der Waals surface area (Å²) in [6, 6.07) is 7.45. The molecule has 0 heterocycles. The highest BCUT2D eigenvalue weighted by atomic mass is 19.1. The zero-order valence-electron chi connectivity index (χ0n) is 14.3. The first-order valence-corrected chi connectivity index (χ1v) is 8.43. The van der Waals surface area contributed by atoms with Crippen molar-refractivity contribution in [2.24, 2.45) is 0 Å². The maximum Gasteiger partial charge on any atom is 0.326 e. The van der Waals surface area contributed by atoms with Crippen molar-refractivity contribution >= 4 is 11.9 Å². The van der Waals surface area contributed by atoms with Crippen LogP contribution in [-0.4, -0.2) is 23.0 Å². The highest BCUT2D eigenvalue weighted by Crippen LogP contribution is 2.41. The van der Waals surface area contributed by atoms with E-state index in [-0.39, 0.29) is 23.7 Å². The van der Waals surface area contributed by atoms with Crippen LogP contribution in [0.15, 0.2) is 36.4 Å². The molecule has 1 aliphatic carbocycles. The molecule has 1 atom stereocenters. The van der Waals surface area contributed by atoms with Crippen molar-refractivity contribution in [3.8, 4) is 0 Å². The molecule has 0 aromatic heterocycles. The molecule has 0 saturated heterocycles. The second kappa shape index (κ2) is 7.23. The second-order valence-corrected chi connectivity index (χ2v) is 6.68. The lowest BCUT2D eigenvalue weighted by molar-refractivity contribution is -0.139. The van der Waals surface area contributed by atoms with Crippen molar-refractivity contribution in [3.05, 3.63) is 70.3 Å². The summed E-state index contributed by atoms with van der Waals surface area (Å²) in [5.74, 6) is -2.90. The molecule has 0 bridgehead atoms. The maximum atomic E-state index is 14.1. The Kier molecular flexibility index (Phi) is 5.02. The van der Waals surface area contributed by atoms with Gasteiger partial charge in [-0.05, 0) is 60.6 Å². The van der Waals surface area contributed by atoms with E-state index in [1.165, 1.54) is 18.2 Å². The van der Waals surface area contributed by atoms with Gasteiger partial charge in [-0.15, -0.1) is 0 Å². The summed E-state index contributed by atoms with van der Waals surface area (Å²) in [6.45, 7) is 1.69. The zero-order valence-corrected chi connectivity index (χ0v) is 14.3. The predicted molar refractivity (Wildman–Crippen MR) is 92.1 cm³/mol. The summed E-state index contributed by atoms with van der Waals surface area (Å²) in [6.07, 6.45) is 1.84. The number of rotatable bonds is 6. The Labute approximate surface area is 149 Å². The number of hydrogen-bond acceptors (Lipinski definition) is 2. The fourth-order valence-corrected chi connectivity index (χ4v) is 2.90. The van der Waals surface area contributed by atoms with E-state index in [1.807, 2.05) is 0 Å². The van der Waals surface area contributed by atoms with Crippen LogP contribution in [0.2, 0.25) is 0 Å². The van der Waals surface area contributed by atoms with Crippen molar-refractivity contribution in [2.45, 2.75) is 38.1 Å². The van der Waals surface area contributed by atoms with Gasteiger partial charge < -0.3 is 10.4 Å². The molecule has 2 aromatic carbocycles. The van der Waals surface area contributed by atoms with Gasteiger partial charge in [0, 0.05) is 6.42 Å². The van der Waals surface area contributed by atoms with Crippen LogP contribution in [0, 0.1) is 18.6 Å². The van der Waals surface area contributed by atoms with Gasteiger partial charge in [0.15, 0.2) is 0 Å². The highest BCUT2D eigenvalue weighted by Gasteiger charge is 2.27. The maximum absolute atomic E-state index is 14.1. The summed E-state index contributed by atoms with van der Waals surface area (Å²) >= 11 is 0. The Morgan fingerprint density at radius 2 is 1.88 bits per heavy atom. The summed E-state index contributed by atoms with van der Waals surface area (Å²) in [5.41, 5.74) is 1.53. The molecule has 3 rings (SSSR count). The third kappa shape index (κ3) is 4.07. The van der Waals surface area contributed by atoms with Crippen molar-refractivity contribution in [2.75, 3.05) is 0 Å². The summed E-state index contributed by atoms with van der Waals surface area (Å²) in [5, 5.41) is 11.7. The molecule has 1 fully saturated rings. The zero-order chi connectivity index (χ0) is 18.8. The summed E-state index contributed by atoms with van der Waals surface area (Å²) in [7, 11) is 0. The van der Waals surface area contributed by atoms with Crippen molar-refractivity contribution in [3.63, 3.8) is 0 Å². The van der Waals surface area contributed by atoms with Gasteiger partial charge >= 0.3 is 5.97 Å². The molecule has 0 spiro atoms. The minimum Gasteiger partial charge on any atom is -0.480 e. The van der Waals surface area contributed by atoms with E-state index in [9.17, 15) is 23.5 Å². The highest BCUT2D eigenvalue weighted by molar-refractivity contribution is 5.96. The van der Waals surface area contributed by atoms with E-state index in [0.29, 0.717) is 16.7 Å². The third-order valence-corrected chi connectivity index (χ3v) is 4.49. The number of amides is 1. The van der Waals surface area contributed by atoms with Crippen LogP contribution in [0.25, 0.3) is 0 Å². The summed E-state index contributed by atoms with van der Waals surface area (Å²) < 4.78 is 28.0. The van der Waals surface area contributed by atoms with E-state index in [0.717, 1.165) is 12.8 Å². The van der Waals surface area contributed by atoms with E-state index in [1.54, 1.807) is 25.1 Å². The van der Waals surface area contributed by atoms with Gasteiger partial charge in [-0.2, -0.15) is 0 Å². The number of nitrogens with one attached hydrogen (secondary N) is 1. The SMILES string of the molecule is Cc1ccc(C(=O)N[C@H](Cc2ccc(C3CC3)c(F)c2)C(=O)O)c(F)c1. The monoisotopic (exact) mass is 359 g/mol. The lowest BCUT2D eigenvalue weighted by Crippen LogP contribution is -2.42. The van der Waals surface area contributed by atoms with Gasteiger partial charge in [0.2, 0.25) is 0 Å². The number of carboxylic acid groups (broad SMARTS) is 1. The first-order chi connectivity index (χ1) is 12.3. The molecular weight excluding hydrogens is 340 g/mol. The van der Waals surface area contributed by atoms with Gasteiger partial charge in [0.25, 0.3) is 5.91 Å². The van der Waals surface area contributed by atoms with Crippen LogP contribution in [0.4, 0.5) is 8.78 Å². The number of carboxylic acids is 1. The number of carbonyl (C=O) groups excluding carboxylic acids is 1. The van der Waals surface area contributed by atoms with Crippen LogP contribution in [0.1, 0.15) is 45.8 Å². The van der Waals surface area contributed by atoms with Crippen LogP contribution < -0.4 is 5.32 Å². The van der Waals surface area contributed by atoms with E-state index in [4.69, 9.17) is 0 Å². The molecule has 26 heavy (non-hydrogen) atoms. The summed E-state index contributed by atoms with van der Waals surface area (Å²) in [4.78, 5) is 23.7. The smallest absolute Gasteiger partial charge is 0.326 e. The number of hydrogen-bond donors (Lipinski definition) is 2. The molecule has 1 aliphatic rings. The Hall–Kier alpha value is -2.76. The molecule has 0 unspecified atom stereocenters. The molecule has 1 saturated carbocycles. The number of aliphatic carboxylic acids is 1. The minimum absolute atomic E-state index is 0.0869. The molecule has 0 aliphatic heterocycles. The average Bonchev–Trinajstić information content (AvgIpc) is 3.38. The molecule has 136 valence electrons. The molecule has 6 heteroatoms. The Balaban J connectivity index is 1.74. The third-order valence-electron chi connectivity index (χ3n) is 4.49. The van der Waals surface area contributed by atoms with Crippen LogP contribution >= 0.6 is 0 Å². The van der Waals surface area contributed by atoms with Gasteiger partial charge in [-0.3, -0.25) is 4.79 Å². The van der Waals surface area contributed by atoms with Gasteiger partial charge in [-0.1, -0.05) is 18.2 Å². The van der Waals surface area contributed by atoms with Gasteiger partial charge in [-0.25, -0.2) is 13.6 Å². The largest absolute Gasteiger partial charge is 0.480 e. The van der Waals surface area contributed by atoms with Crippen LogP contribution in [0.3, 0.4) is 0 Å². The fourth-order valence-electron chi connectivity index (χ4n) is 2.90. The number of carbonyl (C=O) groups is 2. The topological polar surface area (TPSA) is 66.4 Å². The van der Waals surface area contributed by atoms with Crippen molar-refractivity contribution in [1.29, 1.82) is 0 Å². The molecule has 2 aromatic rings. The van der Waals surface area contributed by atoms with Crippen molar-refractivity contribution in [1.82, 2.24) is 5.32 Å². The molecule has 2 N–H and O–H groups in total. The number of aryl methyl sites for hydroxylation is 1. The van der Waals surface area contributed by atoms with E-state index < -0.39 is 23.7 Å². The van der Waals surface area contributed by atoms with Gasteiger partial charge in [0.05, 0.1) is 5.56 Å². The quantitative estimate of drug-likeness (QED) is 0.829. The average molecular weight is 359 g/mol. The lowest BCUT2D eigenvalue weighted by atomic mass is 10.0. The molecule has 4 nitrogen and oxygen atoms in total. The Bertz CT molecular complexity index is 862. The lowest BCUT2D eigenvalue weighted by Gasteiger charge is -2.16. The van der Waals surface area contributed by atoms with Crippen molar-refractivity contribution < 1.29 is 23.5 Å². The Morgan fingerprint density at radius 3 is 2.46 bits per heavy atom. The second-order valence-electron chi connectivity index (χ2n) is 6.68. The number of benzene rings is 2. The first kappa shape index (κ1) is 18.0. The molecular formula is C20H19F2NO3. The van der Waals surface area contributed by atoms with E-state index in [2.05, 4.69) is 5.32 Å². The van der Waals surface area contributed by atoms with Gasteiger partial charge in [0.1, 0.15) is 17.7 Å². The molecule has 1 amide bonds.